The van der Waals surface area contributed by atoms with Gasteiger partial charge in [0.15, 0.2) is 0 Å². The van der Waals surface area contributed by atoms with E-state index in [0.717, 1.165) is 0 Å². The summed E-state index contributed by atoms with van der Waals surface area (Å²) in [5, 5.41) is 0. The van der Waals surface area contributed by atoms with Crippen LogP contribution in [-0.2, 0) is 6.18 Å². The first-order chi connectivity index (χ1) is 6.73. The molecule has 0 atom stereocenters. The van der Waals surface area contributed by atoms with Gasteiger partial charge in [-0.1, -0.05) is 0 Å². The first-order valence-electron chi connectivity index (χ1n) is 3.54. The molecule has 0 unspecified atom stereocenters. The van der Waals surface area contributed by atoms with Crippen LogP contribution in [-0.4, -0.2) is 4.98 Å². The van der Waals surface area contributed by atoms with Crippen LogP contribution in [0.4, 0.5) is 27.6 Å². The predicted octanol–water partition coefficient (Wildman–Crippen LogP) is 3.22. The van der Waals surface area contributed by atoms with Gasteiger partial charge in [-0.05, 0) is 28.7 Å². The van der Waals surface area contributed by atoms with Gasteiger partial charge in [0.2, 0.25) is 0 Å². The Morgan fingerprint density at radius 3 is 2.27 bits per heavy atom. The Morgan fingerprint density at radius 2 is 1.87 bits per heavy atom. The first kappa shape index (κ1) is 12.4. The van der Waals surface area contributed by atoms with Crippen LogP contribution in [0.3, 0.4) is 0 Å². The number of hydrogen-bond acceptors (Lipinski definition) is 2. The molecule has 0 aromatic carbocycles. The third kappa shape index (κ3) is 2.67. The van der Waals surface area contributed by atoms with Crippen molar-refractivity contribution < 1.29 is 22.0 Å². The number of anilines is 1. The molecule has 0 fully saturated rings. The highest BCUT2D eigenvalue weighted by atomic mass is 127. The van der Waals surface area contributed by atoms with Gasteiger partial charge in [-0.3, -0.25) is 0 Å². The van der Waals surface area contributed by atoms with Crippen molar-refractivity contribution in [2.75, 3.05) is 5.73 Å². The number of rotatable bonds is 1. The Hall–Kier alpha value is -0.670. The molecule has 15 heavy (non-hydrogen) atoms. The van der Waals surface area contributed by atoms with Crippen molar-refractivity contribution in [2.45, 2.75) is 12.6 Å². The van der Waals surface area contributed by atoms with E-state index in [9.17, 15) is 22.0 Å². The standard InChI is InChI=1S/C7H4F5IN2/c8-5(9)3-1-2(7(10,11)12)4(14)6(13)15-3/h1,5H,14H2. The third-order valence-corrected chi connectivity index (χ3v) is 2.38. The molecule has 0 saturated carbocycles. The Labute approximate surface area is 94.8 Å². The van der Waals surface area contributed by atoms with Crippen LogP contribution in [0.2, 0.25) is 0 Å². The molecule has 0 aliphatic heterocycles. The lowest BCUT2D eigenvalue weighted by atomic mass is 10.2. The molecule has 2 nitrogen and oxygen atoms in total. The van der Waals surface area contributed by atoms with Crippen molar-refractivity contribution in [1.29, 1.82) is 0 Å². The van der Waals surface area contributed by atoms with Crippen LogP contribution in [0.1, 0.15) is 17.7 Å². The number of nitrogens with two attached hydrogens (primary N) is 1. The summed E-state index contributed by atoms with van der Waals surface area (Å²) in [4.78, 5) is 3.26. The van der Waals surface area contributed by atoms with E-state index in [2.05, 4.69) is 4.98 Å². The van der Waals surface area contributed by atoms with E-state index in [1.807, 2.05) is 0 Å². The molecule has 0 radical (unpaired) electrons. The molecule has 1 heterocycles. The minimum atomic E-state index is -4.75. The predicted molar refractivity (Wildman–Crippen MR) is 51.3 cm³/mol. The second-order valence-corrected chi connectivity index (χ2v) is 3.62. The van der Waals surface area contributed by atoms with Crippen molar-refractivity contribution >= 4 is 28.3 Å². The maximum absolute atomic E-state index is 12.3. The summed E-state index contributed by atoms with van der Waals surface area (Å²) in [6.07, 6.45) is -7.81. The number of hydrogen-bond donors (Lipinski definition) is 1. The zero-order valence-electron chi connectivity index (χ0n) is 6.95. The van der Waals surface area contributed by atoms with Crippen LogP contribution >= 0.6 is 22.6 Å². The zero-order chi connectivity index (χ0) is 11.8. The third-order valence-electron chi connectivity index (χ3n) is 1.56. The van der Waals surface area contributed by atoms with E-state index in [0.29, 0.717) is 0 Å². The van der Waals surface area contributed by atoms with Gasteiger partial charge in [-0.2, -0.15) is 13.2 Å². The van der Waals surface area contributed by atoms with Gasteiger partial charge in [0, 0.05) is 0 Å². The Morgan fingerprint density at radius 1 is 1.33 bits per heavy atom. The topological polar surface area (TPSA) is 38.9 Å². The van der Waals surface area contributed by atoms with Crippen molar-refractivity contribution in [1.82, 2.24) is 4.98 Å². The van der Waals surface area contributed by atoms with Crippen molar-refractivity contribution in [3.05, 3.63) is 21.0 Å². The highest BCUT2D eigenvalue weighted by Crippen LogP contribution is 2.36. The summed E-state index contributed by atoms with van der Waals surface area (Å²) in [5.74, 6) is 0. The molecule has 8 heteroatoms. The van der Waals surface area contributed by atoms with Gasteiger partial charge in [-0.25, -0.2) is 13.8 Å². The molecule has 1 rings (SSSR count). The maximum Gasteiger partial charge on any atom is 0.418 e. The van der Waals surface area contributed by atoms with Crippen LogP contribution in [0.25, 0.3) is 0 Å². The molecule has 0 aliphatic carbocycles. The quantitative estimate of drug-likeness (QED) is 0.485. The zero-order valence-corrected chi connectivity index (χ0v) is 9.10. The molecule has 0 aliphatic rings. The van der Waals surface area contributed by atoms with E-state index >= 15 is 0 Å². The molecule has 0 bridgehead atoms. The molecule has 0 amide bonds. The summed E-state index contributed by atoms with van der Waals surface area (Å²) in [7, 11) is 0. The minimum absolute atomic E-state index is 0.266. The molecule has 1 aromatic rings. The van der Waals surface area contributed by atoms with Gasteiger partial charge in [-0.15, -0.1) is 0 Å². The number of alkyl halides is 5. The summed E-state index contributed by atoms with van der Waals surface area (Å²) in [6, 6.07) is 0.266. The number of aromatic nitrogens is 1. The summed E-state index contributed by atoms with van der Waals surface area (Å²) < 4.78 is 61.0. The fourth-order valence-corrected chi connectivity index (χ4v) is 1.46. The maximum atomic E-state index is 12.3. The van der Waals surface area contributed by atoms with E-state index in [1.165, 1.54) is 22.6 Å². The Balaban J connectivity index is 3.38. The summed E-state index contributed by atoms with van der Waals surface area (Å²) >= 11 is 1.38. The Bertz CT molecular complexity index is 376. The van der Waals surface area contributed by atoms with Gasteiger partial charge < -0.3 is 5.73 Å². The van der Waals surface area contributed by atoms with E-state index in [-0.39, 0.29) is 9.77 Å². The highest BCUT2D eigenvalue weighted by molar-refractivity contribution is 14.1. The van der Waals surface area contributed by atoms with Crippen molar-refractivity contribution in [2.24, 2.45) is 0 Å². The molecule has 1 aromatic heterocycles. The molecular formula is C7H4F5IN2. The average Bonchev–Trinajstić information content (AvgIpc) is 2.06. The first-order valence-corrected chi connectivity index (χ1v) is 4.62. The summed E-state index contributed by atoms with van der Waals surface area (Å²) in [5.41, 5.74) is 2.26. The monoisotopic (exact) mass is 338 g/mol. The van der Waals surface area contributed by atoms with E-state index < -0.39 is 29.5 Å². The van der Waals surface area contributed by atoms with Crippen molar-refractivity contribution in [3.63, 3.8) is 0 Å². The van der Waals surface area contributed by atoms with E-state index in [1.54, 1.807) is 0 Å². The highest BCUT2D eigenvalue weighted by Gasteiger charge is 2.35. The molecule has 84 valence electrons. The second-order valence-electron chi connectivity index (χ2n) is 2.60. The van der Waals surface area contributed by atoms with Gasteiger partial charge in [0.05, 0.1) is 11.3 Å². The molecule has 0 spiro atoms. The second kappa shape index (κ2) is 4.06. The smallest absolute Gasteiger partial charge is 0.396 e. The average molecular weight is 338 g/mol. The number of halogens is 6. The minimum Gasteiger partial charge on any atom is -0.396 e. The van der Waals surface area contributed by atoms with Crippen molar-refractivity contribution in [3.8, 4) is 0 Å². The summed E-state index contributed by atoms with van der Waals surface area (Å²) in [6.45, 7) is 0. The van der Waals surface area contributed by atoms with Crippen LogP contribution in [0, 0.1) is 3.70 Å². The largest absolute Gasteiger partial charge is 0.418 e. The molecule has 0 saturated heterocycles. The van der Waals surface area contributed by atoms with Crippen LogP contribution < -0.4 is 5.73 Å². The Kier molecular flexibility index (Phi) is 3.36. The fraction of sp³-hybridized carbons (Fsp3) is 0.286. The van der Waals surface area contributed by atoms with Gasteiger partial charge in [0.1, 0.15) is 9.39 Å². The lowest BCUT2D eigenvalue weighted by Gasteiger charge is -2.12. The van der Waals surface area contributed by atoms with Gasteiger partial charge >= 0.3 is 6.18 Å². The number of pyridine rings is 1. The SMILES string of the molecule is Nc1c(C(F)(F)F)cc(C(F)F)nc1I. The lowest BCUT2D eigenvalue weighted by Crippen LogP contribution is -2.12. The number of nitrogens with zero attached hydrogens (tertiary/aromatic N) is 1. The van der Waals surface area contributed by atoms with E-state index in [4.69, 9.17) is 5.73 Å². The van der Waals surface area contributed by atoms with Gasteiger partial charge in [0.25, 0.3) is 6.43 Å². The molecule has 2 N–H and O–H groups in total. The van der Waals surface area contributed by atoms with Crippen LogP contribution in [0.5, 0.6) is 0 Å². The van der Waals surface area contributed by atoms with Crippen LogP contribution in [0.15, 0.2) is 6.07 Å². The fourth-order valence-electron chi connectivity index (χ4n) is 0.889. The lowest BCUT2D eigenvalue weighted by molar-refractivity contribution is -0.137. The molecular weight excluding hydrogens is 334 g/mol. The number of nitrogen functional groups attached to an aromatic ring is 1. The normalized spacial score (nSPS) is 12.2.